The van der Waals surface area contributed by atoms with Gasteiger partial charge in [-0.3, -0.25) is 0 Å². The maximum absolute atomic E-state index is 10.2. The van der Waals surface area contributed by atoms with Crippen LogP contribution in [0.5, 0.6) is 0 Å². The minimum atomic E-state index is -1.05. The van der Waals surface area contributed by atoms with Crippen LogP contribution in [0.3, 0.4) is 0 Å². The molecule has 0 aromatic carbocycles. The average Bonchev–Trinajstić information content (AvgIpc) is 2.86. The molecule has 0 unspecified atom stereocenters. The average molecular weight is 303 g/mol. The van der Waals surface area contributed by atoms with Crippen LogP contribution in [0, 0.1) is 0 Å². The molecule has 0 atom stereocenters. The van der Waals surface area contributed by atoms with Crippen LogP contribution in [0.25, 0.3) is 11.5 Å². The van der Waals surface area contributed by atoms with E-state index in [9.17, 15) is 4.79 Å². The summed E-state index contributed by atoms with van der Waals surface area (Å²) >= 11 is 3.18. The SMILES string of the molecule is O=C(O)COCc1nnc(-c2ccoc2Br)o1. The Hall–Kier alpha value is -1.67. The summed E-state index contributed by atoms with van der Waals surface area (Å²) in [6.07, 6.45) is 1.48. The van der Waals surface area contributed by atoms with E-state index >= 15 is 0 Å². The second-order valence-electron chi connectivity index (χ2n) is 3.00. The zero-order chi connectivity index (χ0) is 12.3. The van der Waals surface area contributed by atoms with Crippen LogP contribution in [0.2, 0.25) is 0 Å². The number of aromatic nitrogens is 2. The van der Waals surface area contributed by atoms with Crippen molar-refractivity contribution in [3.63, 3.8) is 0 Å². The zero-order valence-electron chi connectivity index (χ0n) is 8.42. The van der Waals surface area contributed by atoms with E-state index in [1.54, 1.807) is 6.07 Å². The van der Waals surface area contributed by atoms with Crippen molar-refractivity contribution in [3.05, 3.63) is 22.9 Å². The molecule has 0 saturated heterocycles. The summed E-state index contributed by atoms with van der Waals surface area (Å²) in [4.78, 5) is 10.2. The molecule has 0 aliphatic heterocycles. The molecule has 17 heavy (non-hydrogen) atoms. The third kappa shape index (κ3) is 2.92. The number of hydrogen-bond acceptors (Lipinski definition) is 6. The number of carbonyl (C=O) groups is 1. The molecule has 0 spiro atoms. The maximum atomic E-state index is 10.2. The molecule has 0 bridgehead atoms. The van der Waals surface area contributed by atoms with Crippen molar-refractivity contribution in [3.8, 4) is 11.5 Å². The minimum absolute atomic E-state index is 0.0469. The number of carboxylic acids is 1. The summed E-state index contributed by atoms with van der Waals surface area (Å²) in [5.74, 6) is -0.573. The number of rotatable bonds is 5. The summed E-state index contributed by atoms with van der Waals surface area (Å²) < 4.78 is 15.6. The van der Waals surface area contributed by atoms with Gasteiger partial charge in [0.05, 0.1) is 11.8 Å². The Bertz CT molecular complexity index is 521. The van der Waals surface area contributed by atoms with E-state index in [4.69, 9.17) is 18.7 Å². The lowest BCUT2D eigenvalue weighted by Gasteiger charge is -1.94. The van der Waals surface area contributed by atoms with E-state index in [2.05, 4.69) is 26.1 Å². The Morgan fingerprint density at radius 1 is 1.53 bits per heavy atom. The monoisotopic (exact) mass is 302 g/mol. The summed E-state index contributed by atoms with van der Waals surface area (Å²) in [5, 5.41) is 15.9. The number of furan rings is 1. The lowest BCUT2D eigenvalue weighted by Crippen LogP contribution is -2.06. The second-order valence-corrected chi connectivity index (χ2v) is 3.72. The molecule has 1 N–H and O–H groups in total. The first-order chi connectivity index (χ1) is 8.16. The number of ether oxygens (including phenoxy) is 1. The fourth-order valence-electron chi connectivity index (χ4n) is 1.09. The number of nitrogens with zero attached hydrogens (tertiary/aromatic N) is 2. The Kier molecular flexibility index (Phi) is 3.55. The van der Waals surface area contributed by atoms with Gasteiger partial charge in [-0.15, -0.1) is 10.2 Å². The normalized spacial score (nSPS) is 10.6. The minimum Gasteiger partial charge on any atom is -0.480 e. The summed E-state index contributed by atoms with van der Waals surface area (Å²) in [6.45, 7) is -0.456. The van der Waals surface area contributed by atoms with Crippen molar-refractivity contribution in [1.29, 1.82) is 0 Å². The second kappa shape index (κ2) is 5.11. The zero-order valence-corrected chi connectivity index (χ0v) is 10.0. The predicted octanol–water partition coefficient (Wildman–Crippen LogP) is 1.69. The fourth-order valence-corrected chi connectivity index (χ4v) is 1.50. The Morgan fingerprint density at radius 2 is 2.35 bits per heavy atom. The number of carboxylic acid groups (broad SMARTS) is 1. The molecule has 2 aromatic heterocycles. The first-order valence-corrected chi connectivity index (χ1v) is 5.31. The highest BCUT2D eigenvalue weighted by molar-refractivity contribution is 9.10. The van der Waals surface area contributed by atoms with Gasteiger partial charge in [0.25, 0.3) is 5.89 Å². The molecule has 2 aromatic rings. The van der Waals surface area contributed by atoms with Gasteiger partial charge in [-0.2, -0.15) is 0 Å². The predicted molar refractivity (Wildman–Crippen MR) is 57.0 cm³/mol. The van der Waals surface area contributed by atoms with Crippen LogP contribution < -0.4 is 0 Å². The van der Waals surface area contributed by atoms with E-state index in [0.29, 0.717) is 10.2 Å². The van der Waals surface area contributed by atoms with Crippen LogP contribution >= 0.6 is 15.9 Å². The first kappa shape index (κ1) is 11.8. The molecule has 7 nitrogen and oxygen atoms in total. The molecule has 0 aliphatic carbocycles. The fraction of sp³-hybridized carbons (Fsp3) is 0.222. The van der Waals surface area contributed by atoms with Crippen molar-refractivity contribution in [2.24, 2.45) is 0 Å². The molecule has 90 valence electrons. The van der Waals surface area contributed by atoms with E-state index in [1.807, 2.05) is 0 Å². The van der Waals surface area contributed by atoms with Crippen LogP contribution in [-0.4, -0.2) is 27.9 Å². The number of halogens is 1. The maximum Gasteiger partial charge on any atom is 0.329 e. The molecule has 0 amide bonds. The highest BCUT2D eigenvalue weighted by Gasteiger charge is 2.13. The van der Waals surface area contributed by atoms with E-state index in [0.717, 1.165) is 0 Å². The molecular weight excluding hydrogens is 296 g/mol. The van der Waals surface area contributed by atoms with Crippen LogP contribution in [0.15, 0.2) is 25.8 Å². The van der Waals surface area contributed by atoms with Gasteiger partial charge in [-0.25, -0.2) is 4.79 Å². The summed E-state index contributed by atoms with van der Waals surface area (Å²) in [7, 11) is 0. The van der Waals surface area contributed by atoms with Crippen molar-refractivity contribution in [1.82, 2.24) is 10.2 Å². The lowest BCUT2D eigenvalue weighted by atomic mass is 10.3. The number of hydrogen-bond donors (Lipinski definition) is 1. The van der Waals surface area contributed by atoms with Gasteiger partial charge in [0.2, 0.25) is 5.89 Å². The molecule has 0 radical (unpaired) electrons. The molecule has 0 saturated carbocycles. The van der Waals surface area contributed by atoms with Crippen molar-refractivity contribution < 1.29 is 23.5 Å². The first-order valence-electron chi connectivity index (χ1n) is 4.52. The molecule has 0 aliphatic rings. The topological polar surface area (TPSA) is 98.6 Å². The Morgan fingerprint density at radius 3 is 3.00 bits per heavy atom. The molecule has 0 fully saturated rings. The van der Waals surface area contributed by atoms with Gasteiger partial charge in [-0.05, 0) is 22.0 Å². The largest absolute Gasteiger partial charge is 0.480 e. The summed E-state index contributed by atoms with van der Waals surface area (Å²) in [5.41, 5.74) is 0.627. The molecule has 2 rings (SSSR count). The third-order valence-corrected chi connectivity index (χ3v) is 2.38. The Balaban J connectivity index is 2.01. The molecular formula is C9H7BrN2O5. The highest BCUT2D eigenvalue weighted by atomic mass is 79.9. The van der Waals surface area contributed by atoms with Gasteiger partial charge in [0.1, 0.15) is 13.2 Å². The molecule has 2 heterocycles. The van der Waals surface area contributed by atoms with Crippen LogP contribution in [-0.2, 0) is 16.1 Å². The van der Waals surface area contributed by atoms with Crippen LogP contribution in [0.4, 0.5) is 0 Å². The van der Waals surface area contributed by atoms with Gasteiger partial charge < -0.3 is 18.7 Å². The smallest absolute Gasteiger partial charge is 0.329 e. The van der Waals surface area contributed by atoms with Crippen molar-refractivity contribution in [2.75, 3.05) is 6.61 Å². The van der Waals surface area contributed by atoms with E-state index in [1.165, 1.54) is 6.26 Å². The third-order valence-electron chi connectivity index (χ3n) is 1.77. The highest BCUT2D eigenvalue weighted by Crippen LogP contribution is 2.27. The number of aliphatic carboxylic acids is 1. The van der Waals surface area contributed by atoms with E-state index < -0.39 is 12.6 Å². The van der Waals surface area contributed by atoms with Crippen molar-refractivity contribution >= 4 is 21.9 Å². The van der Waals surface area contributed by atoms with Gasteiger partial charge in [0.15, 0.2) is 4.67 Å². The molecule has 8 heteroatoms. The van der Waals surface area contributed by atoms with Gasteiger partial charge in [0, 0.05) is 0 Å². The van der Waals surface area contributed by atoms with Crippen LogP contribution in [0.1, 0.15) is 5.89 Å². The van der Waals surface area contributed by atoms with Crippen molar-refractivity contribution in [2.45, 2.75) is 6.61 Å². The standard InChI is InChI=1S/C9H7BrN2O5/c10-8-5(1-2-16-8)9-12-11-6(17-9)3-15-4-7(13)14/h1-2H,3-4H2,(H,13,14). The summed E-state index contributed by atoms with van der Waals surface area (Å²) in [6, 6.07) is 1.67. The quantitative estimate of drug-likeness (QED) is 0.897. The van der Waals surface area contributed by atoms with Gasteiger partial charge in [-0.1, -0.05) is 0 Å². The lowest BCUT2D eigenvalue weighted by molar-refractivity contribution is -0.142. The van der Waals surface area contributed by atoms with E-state index in [-0.39, 0.29) is 18.4 Å². The van der Waals surface area contributed by atoms with Gasteiger partial charge >= 0.3 is 5.97 Å². The Labute approximate surface area is 104 Å².